The summed E-state index contributed by atoms with van der Waals surface area (Å²) in [6.45, 7) is 0.533. The summed E-state index contributed by atoms with van der Waals surface area (Å²) >= 11 is 0. The average molecular weight is 300 g/mol. The van der Waals surface area contributed by atoms with Crippen LogP contribution in [0.15, 0.2) is 35.4 Å². The van der Waals surface area contributed by atoms with Gasteiger partial charge in [0.1, 0.15) is 12.2 Å². The predicted molar refractivity (Wildman–Crippen MR) is 78.6 cm³/mol. The number of nitrogens with zero attached hydrogens (tertiary/aromatic N) is 3. The second-order valence-corrected chi connectivity index (χ2v) is 5.59. The molecule has 3 aliphatic heterocycles. The van der Waals surface area contributed by atoms with E-state index in [-0.39, 0.29) is 24.4 Å². The molecule has 3 amide bonds. The third kappa shape index (κ3) is 1.88. The van der Waals surface area contributed by atoms with Crippen molar-refractivity contribution in [1.29, 1.82) is 0 Å². The molecule has 2 saturated heterocycles. The average Bonchev–Trinajstić information content (AvgIpc) is 2.92. The molecule has 0 aliphatic carbocycles. The van der Waals surface area contributed by atoms with Crippen molar-refractivity contribution in [3.05, 3.63) is 35.9 Å². The van der Waals surface area contributed by atoms with E-state index >= 15 is 0 Å². The highest BCUT2D eigenvalue weighted by Crippen LogP contribution is 2.24. The first kappa shape index (κ1) is 13.2. The number of nitrogens with one attached hydrogen (secondary N) is 3. The lowest BCUT2D eigenvalue weighted by Gasteiger charge is -2.36. The van der Waals surface area contributed by atoms with Crippen molar-refractivity contribution in [2.75, 3.05) is 13.6 Å². The first-order valence-electron chi connectivity index (χ1n) is 7.12. The van der Waals surface area contributed by atoms with Crippen molar-refractivity contribution in [2.45, 2.75) is 18.5 Å². The van der Waals surface area contributed by atoms with Gasteiger partial charge in [0.2, 0.25) is 5.91 Å². The number of urea groups is 1. The molecule has 0 radical (unpaired) electrons. The van der Waals surface area contributed by atoms with Gasteiger partial charge in [-0.1, -0.05) is 30.3 Å². The number of amides is 3. The summed E-state index contributed by atoms with van der Waals surface area (Å²) in [5.41, 5.74) is 4.91. The Hall–Kier alpha value is -2.45. The lowest BCUT2D eigenvalue weighted by Crippen LogP contribution is -2.65. The molecule has 3 heterocycles. The number of hydrazone groups is 1. The van der Waals surface area contributed by atoms with E-state index in [4.69, 9.17) is 0 Å². The molecular formula is C14H16N6O2. The maximum Gasteiger partial charge on any atom is 0.325 e. The van der Waals surface area contributed by atoms with Gasteiger partial charge in [-0.2, -0.15) is 5.10 Å². The highest BCUT2D eigenvalue weighted by Gasteiger charge is 2.52. The normalized spacial score (nSPS) is 31.0. The van der Waals surface area contributed by atoms with Crippen molar-refractivity contribution in [3.8, 4) is 0 Å². The zero-order valence-corrected chi connectivity index (χ0v) is 12.0. The molecule has 114 valence electrons. The summed E-state index contributed by atoms with van der Waals surface area (Å²) in [4.78, 5) is 27.4. The van der Waals surface area contributed by atoms with Gasteiger partial charge in [-0.15, -0.1) is 0 Å². The second-order valence-electron chi connectivity index (χ2n) is 5.59. The van der Waals surface area contributed by atoms with E-state index in [1.807, 2.05) is 35.2 Å². The Kier molecular flexibility index (Phi) is 2.88. The monoisotopic (exact) mass is 300 g/mol. The number of benzene rings is 1. The van der Waals surface area contributed by atoms with Gasteiger partial charge >= 0.3 is 6.03 Å². The number of fused-ring (bicyclic) bond motifs is 3. The van der Waals surface area contributed by atoms with Gasteiger partial charge in [0.25, 0.3) is 0 Å². The molecule has 4 rings (SSSR count). The molecule has 8 heteroatoms. The molecule has 0 saturated carbocycles. The zero-order valence-electron chi connectivity index (χ0n) is 12.0. The van der Waals surface area contributed by atoms with E-state index in [1.54, 1.807) is 7.05 Å². The van der Waals surface area contributed by atoms with Crippen molar-refractivity contribution in [2.24, 2.45) is 5.10 Å². The summed E-state index contributed by atoms with van der Waals surface area (Å²) in [6, 6.07) is 9.00. The van der Waals surface area contributed by atoms with Gasteiger partial charge in [-0.25, -0.2) is 9.69 Å². The Morgan fingerprint density at radius 1 is 1.23 bits per heavy atom. The molecule has 3 unspecified atom stereocenters. The third-order valence-electron chi connectivity index (χ3n) is 4.31. The van der Waals surface area contributed by atoms with E-state index in [0.29, 0.717) is 6.54 Å². The number of likely N-dealkylation sites (N-methyl/N-ethyl adjacent to an activating group) is 1. The third-order valence-corrected chi connectivity index (χ3v) is 4.31. The van der Waals surface area contributed by atoms with E-state index in [2.05, 4.69) is 21.2 Å². The fourth-order valence-corrected chi connectivity index (χ4v) is 3.14. The quantitative estimate of drug-likeness (QED) is 0.623. The molecule has 3 aliphatic rings. The van der Waals surface area contributed by atoms with E-state index in [9.17, 15) is 9.59 Å². The SMILES string of the molecule is CN1C(=O)NC(=O)C2C1NC1NN=C(c3ccccc3)CN12. The minimum absolute atomic E-state index is 0.262. The van der Waals surface area contributed by atoms with Crippen LogP contribution in [-0.2, 0) is 4.79 Å². The van der Waals surface area contributed by atoms with Crippen LogP contribution in [-0.4, -0.2) is 59.5 Å². The Balaban J connectivity index is 1.62. The molecule has 1 aromatic rings. The standard InChI is InChI=1S/C14H16N6O2/c1-19-11-10(12(21)16-14(19)22)20-7-9(17-18-13(20)15-11)8-5-3-2-4-6-8/h2-6,10-11,13,15,18H,7H2,1H3,(H,16,21,22). The van der Waals surface area contributed by atoms with Gasteiger partial charge in [-0.3, -0.25) is 20.9 Å². The molecule has 2 fully saturated rings. The maximum atomic E-state index is 12.2. The Labute approximate surface area is 127 Å². The molecule has 8 nitrogen and oxygen atoms in total. The second kappa shape index (κ2) is 4.79. The maximum absolute atomic E-state index is 12.2. The van der Waals surface area contributed by atoms with Gasteiger partial charge in [0.05, 0.1) is 5.71 Å². The number of imide groups is 1. The van der Waals surface area contributed by atoms with Gasteiger partial charge < -0.3 is 4.90 Å². The van der Waals surface area contributed by atoms with Gasteiger partial charge in [-0.05, 0) is 5.56 Å². The summed E-state index contributed by atoms with van der Waals surface area (Å²) in [5.74, 6) is -0.279. The van der Waals surface area contributed by atoms with Gasteiger partial charge in [0.15, 0.2) is 6.29 Å². The lowest BCUT2D eigenvalue weighted by atomic mass is 10.1. The smallest absolute Gasteiger partial charge is 0.310 e. The number of hydrogen-bond acceptors (Lipinski definition) is 6. The minimum atomic E-state index is -0.436. The van der Waals surface area contributed by atoms with E-state index < -0.39 is 6.04 Å². The number of hydrogen-bond donors (Lipinski definition) is 3. The molecule has 0 bridgehead atoms. The van der Waals surface area contributed by atoms with Crippen LogP contribution in [0.1, 0.15) is 5.56 Å². The van der Waals surface area contributed by atoms with Gasteiger partial charge in [0, 0.05) is 13.6 Å². The van der Waals surface area contributed by atoms with E-state index in [1.165, 1.54) is 4.90 Å². The Morgan fingerprint density at radius 2 is 2.00 bits per heavy atom. The Bertz CT molecular complexity index is 661. The zero-order chi connectivity index (χ0) is 15.3. The molecular weight excluding hydrogens is 284 g/mol. The topological polar surface area (TPSA) is 89.1 Å². The highest BCUT2D eigenvalue weighted by atomic mass is 16.2. The predicted octanol–water partition coefficient (Wildman–Crippen LogP) is -0.941. The molecule has 3 N–H and O–H groups in total. The Morgan fingerprint density at radius 3 is 2.77 bits per heavy atom. The van der Waals surface area contributed by atoms with Crippen LogP contribution >= 0.6 is 0 Å². The summed E-state index contributed by atoms with van der Waals surface area (Å²) in [5, 5.41) is 10.0. The largest absolute Gasteiger partial charge is 0.325 e. The molecule has 0 spiro atoms. The fraction of sp³-hybridized carbons (Fsp3) is 0.357. The van der Waals surface area contributed by atoms with Crippen LogP contribution in [0.5, 0.6) is 0 Å². The van der Waals surface area contributed by atoms with Crippen molar-refractivity contribution in [1.82, 2.24) is 25.9 Å². The van der Waals surface area contributed by atoms with Crippen LogP contribution in [0.4, 0.5) is 4.79 Å². The van der Waals surface area contributed by atoms with Crippen molar-refractivity contribution < 1.29 is 9.59 Å². The first-order chi connectivity index (χ1) is 10.6. The molecule has 0 aromatic heterocycles. The summed E-state index contributed by atoms with van der Waals surface area (Å²) in [7, 11) is 1.67. The van der Waals surface area contributed by atoms with Crippen LogP contribution in [0.3, 0.4) is 0 Å². The lowest BCUT2D eigenvalue weighted by molar-refractivity contribution is -0.127. The highest BCUT2D eigenvalue weighted by molar-refractivity contribution is 6.04. The van der Waals surface area contributed by atoms with Crippen molar-refractivity contribution >= 4 is 17.6 Å². The first-order valence-corrected chi connectivity index (χ1v) is 7.12. The number of carbonyl (C=O) groups excluding carboxylic acids is 2. The van der Waals surface area contributed by atoms with Crippen molar-refractivity contribution in [3.63, 3.8) is 0 Å². The molecule has 3 atom stereocenters. The van der Waals surface area contributed by atoms with E-state index in [0.717, 1.165) is 11.3 Å². The molecule has 1 aromatic carbocycles. The summed E-state index contributed by atoms with van der Waals surface area (Å²) < 4.78 is 0. The number of rotatable bonds is 1. The van der Waals surface area contributed by atoms with Crippen LogP contribution < -0.4 is 16.1 Å². The van der Waals surface area contributed by atoms with Crippen LogP contribution in [0, 0.1) is 0 Å². The number of carbonyl (C=O) groups is 2. The summed E-state index contributed by atoms with van der Waals surface area (Å²) in [6.07, 6.45) is -0.620. The molecule has 22 heavy (non-hydrogen) atoms. The minimum Gasteiger partial charge on any atom is -0.310 e. The fourth-order valence-electron chi connectivity index (χ4n) is 3.14. The van der Waals surface area contributed by atoms with Crippen LogP contribution in [0.25, 0.3) is 0 Å². The van der Waals surface area contributed by atoms with Crippen LogP contribution in [0.2, 0.25) is 0 Å².